The minimum Gasteiger partial charge on any atom is -0.351 e. The van der Waals surface area contributed by atoms with Crippen molar-refractivity contribution in [2.45, 2.75) is 32.5 Å². The van der Waals surface area contributed by atoms with Crippen molar-refractivity contribution in [3.63, 3.8) is 0 Å². The largest absolute Gasteiger partial charge is 0.351 e. The lowest BCUT2D eigenvalue weighted by Gasteiger charge is -2.22. The van der Waals surface area contributed by atoms with E-state index in [9.17, 15) is 9.18 Å². The number of nitrogens with zero attached hydrogens (tertiary/aromatic N) is 1. The minimum atomic E-state index is -0.295. The van der Waals surface area contributed by atoms with E-state index in [0.717, 1.165) is 17.0 Å². The van der Waals surface area contributed by atoms with Gasteiger partial charge < -0.3 is 10.3 Å². The maximum Gasteiger partial charge on any atom is 0.237 e. The minimum absolute atomic E-state index is 0.0929. The van der Waals surface area contributed by atoms with Crippen LogP contribution in [0.25, 0.3) is 0 Å². The van der Waals surface area contributed by atoms with Crippen molar-refractivity contribution in [2.24, 2.45) is 0 Å². The molecule has 0 bridgehead atoms. The topological polar surface area (TPSA) is 69.8 Å². The van der Waals surface area contributed by atoms with Gasteiger partial charge in [-0.3, -0.25) is 10.1 Å². The maximum absolute atomic E-state index is 13.5. The molecule has 0 fully saturated rings. The van der Waals surface area contributed by atoms with Gasteiger partial charge in [-0.2, -0.15) is 0 Å². The number of imidazole rings is 1. The van der Waals surface area contributed by atoms with E-state index in [4.69, 9.17) is 0 Å². The van der Waals surface area contributed by atoms with Crippen LogP contribution in [0.4, 0.5) is 4.39 Å². The summed E-state index contributed by atoms with van der Waals surface area (Å²) in [5, 5.41) is 5.99. The van der Waals surface area contributed by atoms with Gasteiger partial charge in [0.1, 0.15) is 5.82 Å². The molecule has 0 aliphatic carbocycles. The van der Waals surface area contributed by atoms with Crippen LogP contribution in [-0.4, -0.2) is 21.9 Å². The van der Waals surface area contributed by atoms with Gasteiger partial charge in [-0.05, 0) is 24.1 Å². The fraction of sp³-hybridized carbons (Fsp3) is 0.333. The number of rotatable bonds is 3. The molecule has 1 aromatic carbocycles. The van der Waals surface area contributed by atoms with E-state index in [-0.39, 0.29) is 17.8 Å². The molecular formula is C15H17FN4O. The number of nitrogens with one attached hydrogen (secondary N) is 3. The number of aromatic nitrogens is 2. The quantitative estimate of drug-likeness (QED) is 0.794. The van der Waals surface area contributed by atoms with Crippen LogP contribution < -0.4 is 10.6 Å². The number of aryl methyl sites for hydroxylation is 1. The predicted octanol–water partition coefficient (Wildman–Crippen LogP) is 1.19. The number of halogens is 1. The normalized spacial score (nSPS) is 17.3. The first kappa shape index (κ1) is 13.8. The molecular weight excluding hydrogens is 271 g/mol. The Morgan fingerprint density at radius 2 is 2.38 bits per heavy atom. The predicted molar refractivity (Wildman–Crippen MR) is 75.9 cm³/mol. The molecule has 0 radical (unpaired) electrons. The standard InChI is InChI=1S/C15H17FN4O/c1-9-2-3-10(4-11(9)16)6-18-15(21)13-5-12-14(7-17-13)20-8-19-12/h2-4,8,13,17H,5-7H2,1H3,(H,18,21)(H,19,20). The number of H-pyrrole nitrogens is 1. The number of amides is 1. The van der Waals surface area contributed by atoms with Crippen LogP contribution in [0.2, 0.25) is 0 Å². The van der Waals surface area contributed by atoms with E-state index in [1.165, 1.54) is 6.07 Å². The van der Waals surface area contributed by atoms with E-state index >= 15 is 0 Å². The molecule has 3 rings (SSSR count). The van der Waals surface area contributed by atoms with Crippen LogP contribution in [0.15, 0.2) is 24.5 Å². The number of fused-ring (bicyclic) bond motifs is 1. The summed E-state index contributed by atoms with van der Waals surface area (Å²) in [5.74, 6) is -0.344. The lowest BCUT2D eigenvalue weighted by atomic mass is 10.0. The summed E-state index contributed by atoms with van der Waals surface area (Å²) in [5.41, 5.74) is 3.31. The van der Waals surface area contributed by atoms with Crippen LogP contribution in [0.1, 0.15) is 22.5 Å². The Hall–Kier alpha value is -2.21. The average molecular weight is 288 g/mol. The van der Waals surface area contributed by atoms with Gasteiger partial charge in [-0.25, -0.2) is 9.37 Å². The molecule has 1 aliphatic rings. The van der Waals surface area contributed by atoms with Gasteiger partial charge in [0.15, 0.2) is 0 Å². The van der Waals surface area contributed by atoms with Crippen LogP contribution in [-0.2, 0) is 24.3 Å². The molecule has 0 saturated heterocycles. The first-order valence-corrected chi connectivity index (χ1v) is 6.90. The first-order chi connectivity index (χ1) is 10.1. The summed E-state index contributed by atoms with van der Waals surface area (Å²) in [6.07, 6.45) is 2.20. The molecule has 2 heterocycles. The number of carbonyl (C=O) groups is 1. The summed E-state index contributed by atoms with van der Waals surface area (Å²) in [6.45, 7) is 2.64. The summed E-state index contributed by atoms with van der Waals surface area (Å²) in [4.78, 5) is 19.4. The van der Waals surface area contributed by atoms with Crippen molar-refractivity contribution in [3.05, 3.63) is 52.9 Å². The molecule has 1 aliphatic heterocycles. The SMILES string of the molecule is Cc1ccc(CNC(=O)C2Cc3nc[nH]c3CN2)cc1F. The lowest BCUT2D eigenvalue weighted by Crippen LogP contribution is -2.47. The highest BCUT2D eigenvalue weighted by Crippen LogP contribution is 2.13. The highest BCUT2D eigenvalue weighted by atomic mass is 19.1. The lowest BCUT2D eigenvalue weighted by molar-refractivity contribution is -0.123. The monoisotopic (exact) mass is 288 g/mol. The second-order valence-corrected chi connectivity index (χ2v) is 5.27. The number of carbonyl (C=O) groups excluding carboxylic acids is 1. The maximum atomic E-state index is 13.5. The summed E-state index contributed by atoms with van der Waals surface area (Å²) in [7, 11) is 0. The van der Waals surface area contributed by atoms with Crippen molar-refractivity contribution in [1.82, 2.24) is 20.6 Å². The van der Waals surface area contributed by atoms with Gasteiger partial charge in [-0.1, -0.05) is 12.1 Å². The molecule has 2 aromatic rings. The Morgan fingerprint density at radius 3 is 3.19 bits per heavy atom. The smallest absolute Gasteiger partial charge is 0.237 e. The first-order valence-electron chi connectivity index (χ1n) is 6.90. The fourth-order valence-corrected chi connectivity index (χ4v) is 2.41. The van der Waals surface area contributed by atoms with Crippen molar-refractivity contribution >= 4 is 5.91 Å². The third kappa shape index (κ3) is 2.95. The number of benzene rings is 1. The van der Waals surface area contributed by atoms with Gasteiger partial charge in [0.05, 0.1) is 23.8 Å². The molecule has 21 heavy (non-hydrogen) atoms. The van der Waals surface area contributed by atoms with E-state index in [1.54, 1.807) is 19.3 Å². The molecule has 3 N–H and O–H groups in total. The molecule has 1 amide bonds. The highest BCUT2D eigenvalue weighted by molar-refractivity contribution is 5.82. The molecule has 5 nitrogen and oxygen atoms in total. The zero-order valence-corrected chi connectivity index (χ0v) is 11.7. The van der Waals surface area contributed by atoms with Gasteiger partial charge in [0, 0.05) is 19.5 Å². The van der Waals surface area contributed by atoms with Crippen LogP contribution in [0.3, 0.4) is 0 Å². The van der Waals surface area contributed by atoms with E-state index in [2.05, 4.69) is 20.6 Å². The van der Waals surface area contributed by atoms with Gasteiger partial charge in [0.25, 0.3) is 0 Å². The van der Waals surface area contributed by atoms with E-state index < -0.39 is 0 Å². The third-order valence-electron chi connectivity index (χ3n) is 3.75. The third-order valence-corrected chi connectivity index (χ3v) is 3.75. The zero-order valence-electron chi connectivity index (χ0n) is 11.7. The zero-order chi connectivity index (χ0) is 14.8. The van der Waals surface area contributed by atoms with E-state index in [0.29, 0.717) is 25.1 Å². The molecule has 6 heteroatoms. The average Bonchev–Trinajstić information content (AvgIpc) is 2.95. The Bertz CT molecular complexity index is 667. The molecule has 1 atom stereocenters. The second-order valence-electron chi connectivity index (χ2n) is 5.27. The van der Waals surface area contributed by atoms with Gasteiger partial charge in [0.2, 0.25) is 5.91 Å². The summed E-state index contributed by atoms with van der Waals surface area (Å²) < 4.78 is 13.5. The van der Waals surface area contributed by atoms with Crippen molar-refractivity contribution in [3.8, 4) is 0 Å². The Labute approximate surface area is 122 Å². The fourth-order valence-electron chi connectivity index (χ4n) is 2.41. The van der Waals surface area contributed by atoms with Crippen LogP contribution in [0, 0.1) is 12.7 Å². The number of aromatic amines is 1. The van der Waals surface area contributed by atoms with Crippen LogP contribution >= 0.6 is 0 Å². The van der Waals surface area contributed by atoms with Crippen molar-refractivity contribution in [2.75, 3.05) is 0 Å². The van der Waals surface area contributed by atoms with Gasteiger partial charge in [-0.15, -0.1) is 0 Å². The summed E-state index contributed by atoms with van der Waals surface area (Å²) in [6, 6.07) is 4.69. The molecule has 1 aromatic heterocycles. The Kier molecular flexibility index (Phi) is 3.70. The molecule has 1 unspecified atom stereocenters. The molecule has 110 valence electrons. The molecule has 0 saturated carbocycles. The number of hydrogen-bond donors (Lipinski definition) is 3. The number of hydrogen-bond acceptors (Lipinski definition) is 3. The highest BCUT2D eigenvalue weighted by Gasteiger charge is 2.25. The van der Waals surface area contributed by atoms with E-state index in [1.807, 2.05) is 6.07 Å². The van der Waals surface area contributed by atoms with Crippen molar-refractivity contribution in [1.29, 1.82) is 0 Å². The summed E-state index contributed by atoms with van der Waals surface area (Å²) >= 11 is 0. The Balaban J connectivity index is 1.58. The van der Waals surface area contributed by atoms with Crippen LogP contribution in [0.5, 0.6) is 0 Å². The molecule has 0 spiro atoms. The Morgan fingerprint density at radius 1 is 1.52 bits per heavy atom. The van der Waals surface area contributed by atoms with Gasteiger partial charge >= 0.3 is 0 Å². The van der Waals surface area contributed by atoms with Crippen molar-refractivity contribution < 1.29 is 9.18 Å². The second kappa shape index (κ2) is 5.65.